The van der Waals surface area contributed by atoms with E-state index in [4.69, 9.17) is 0 Å². The molecular formula is C14H19BrFNS2. The number of halogens is 2. The molecule has 2 unspecified atom stereocenters. The van der Waals surface area contributed by atoms with Gasteiger partial charge in [0.05, 0.1) is 4.47 Å². The normalized spacial score (nSPS) is 21.3. The van der Waals surface area contributed by atoms with E-state index in [2.05, 4.69) is 39.9 Å². The van der Waals surface area contributed by atoms with Gasteiger partial charge in [-0.2, -0.15) is 23.5 Å². The molecule has 1 N–H and O–H groups in total. The minimum atomic E-state index is -0.189. The van der Waals surface area contributed by atoms with Crippen LogP contribution in [-0.4, -0.2) is 35.1 Å². The Bertz CT molecular complexity index is 410. The summed E-state index contributed by atoms with van der Waals surface area (Å²) in [7, 11) is 0. The molecule has 2 atom stereocenters. The van der Waals surface area contributed by atoms with Crippen LogP contribution in [0.2, 0.25) is 0 Å². The van der Waals surface area contributed by atoms with Crippen molar-refractivity contribution in [3.8, 4) is 0 Å². The van der Waals surface area contributed by atoms with Crippen LogP contribution in [0.3, 0.4) is 0 Å². The van der Waals surface area contributed by atoms with Crippen LogP contribution in [-0.2, 0) is 6.42 Å². The van der Waals surface area contributed by atoms with Crippen molar-refractivity contribution in [3.63, 3.8) is 0 Å². The quantitative estimate of drug-likeness (QED) is 0.850. The summed E-state index contributed by atoms with van der Waals surface area (Å²) in [5.41, 5.74) is 1.19. The van der Waals surface area contributed by atoms with Crippen LogP contribution in [0, 0.1) is 5.82 Å². The molecule has 1 aromatic carbocycles. The smallest absolute Gasteiger partial charge is 0.137 e. The van der Waals surface area contributed by atoms with Crippen LogP contribution in [0.15, 0.2) is 22.7 Å². The maximum absolute atomic E-state index is 13.3. The molecule has 1 aromatic rings. The van der Waals surface area contributed by atoms with Gasteiger partial charge in [-0.15, -0.1) is 0 Å². The molecule has 0 aliphatic carbocycles. The fourth-order valence-electron chi connectivity index (χ4n) is 2.26. The van der Waals surface area contributed by atoms with Crippen molar-refractivity contribution in [2.24, 2.45) is 0 Å². The standard InChI is InChI=1S/C14H19BrFNS2/c1-2-17-13(14-9-18-5-6-19-14)8-10-3-4-12(16)11(15)7-10/h3-4,7,13-14,17H,2,5-6,8-9H2,1H3. The molecule has 0 saturated carbocycles. The van der Waals surface area contributed by atoms with Crippen LogP contribution in [0.5, 0.6) is 0 Å². The van der Waals surface area contributed by atoms with Gasteiger partial charge in [0.2, 0.25) is 0 Å². The molecule has 0 amide bonds. The summed E-state index contributed by atoms with van der Waals surface area (Å²) in [5.74, 6) is 3.53. The maximum atomic E-state index is 13.3. The molecule has 106 valence electrons. The number of hydrogen-bond acceptors (Lipinski definition) is 3. The van der Waals surface area contributed by atoms with Gasteiger partial charge < -0.3 is 5.32 Å². The zero-order valence-electron chi connectivity index (χ0n) is 11.0. The minimum absolute atomic E-state index is 0.189. The van der Waals surface area contributed by atoms with E-state index in [0.29, 0.717) is 15.8 Å². The number of rotatable bonds is 5. The zero-order valence-corrected chi connectivity index (χ0v) is 14.2. The lowest BCUT2D eigenvalue weighted by atomic mass is 10.0. The summed E-state index contributed by atoms with van der Waals surface area (Å²) in [5, 5.41) is 4.25. The summed E-state index contributed by atoms with van der Waals surface area (Å²) >= 11 is 7.38. The minimum Gasteiger partial charge on any atom is -0.313 e. The highest BCUT2D eigenvalue weighted by molar-refractivity contribution is 9.10. The van der Waals surface area contributed by atoms with Gasteiger partial charge in [-0.25, -0.2) is 4.39 Å². The first-order valence-electron chi connectivity index (χ1n) is 6.57. The van der Waals surface area contributed by atoms with Crippen molar-refractivity contribution in [3.05, 3.63) is 34.1 Å². The fourth-order valence-corrected chi connectivity index (χ4v) is 5.57. The molecule has 1 aliphatic heterocycles. The Kier molecular flexibility index (Phi) is 6.53. The van der Waals surface area contributed by atoms with Gasteiger partial charge in [-0.05, 0) is 46.6 Å². The van der Waals surface area contributed by atoms with Crippen LogP contribution in [0.4, 0.5) is 4.39 Å². The summed E-state index contributed by atoms with van der Waals surface area (Å²) in [6.07, 6.45) is 0.963. The first-order chi connectivity index (χ1) is 9.20. The Morgan fingerprint density at radius 3 is 2.95 bits per heavy atom. The number of thioether (sulfide) groups is 2. The fraction of sp³-hybridized carbons (Fsp3) is 0.571. The van der Waals surface area contributed by atoms with E-state index in [1.165, 1.54) is 22.8 Å². The zero-order chi connectivity index (χ0) is 13.7. The molecular weight excluding hydrogens is 345 g/mol. The monoisotopic (exact) mass is 363 g/mol. The third kappa shape index (κ3) is 4.66. The van der Waals surface area contributed by atoms with Gasteiger partial charge in [0.1, 0.15) is 5.82 Å². The molecule has 5 heteroatoms. The summed E-state index contributed by atoms with van der Waals surface area (Å²) in [6, 6.07) is 5.82. The average molecular weight is 364 g/mol. The lowest BCUT2D eigenvalue weighted by molar-refractivity contribution is 0.521. The van der Waals surface area contributed by atoms with E-state index in [-0.39, 0.29) is 5.82 Å². The SMILES string of the molecule is CCNC(Cc1ccc(F)c(Br)c1)C1CSCCS1. The maximum Gasteiger partial charge on any atom is 0.137 e. The average Bonchev–Trinajstić information content (AvgIpc) is 2.43. The molecule has 1 fully saturated rings. The lowest BCUT2D eigenvalue weighted by Crippen LogP contribution is -2.42. The summed E-state index contributed by atoms with van der Waals surface area (Å²) < 4.78 is 13.8. The molecule has 1 saturated heterocycles. The van der Waals surface area contributed by atoms with E-state index in [1.807, 2.05) is 23.9 Å². The third-order valence-electron chi connectivity index (χ3n) is 3.20. The van der Waals surface area contributed by atoms with Gasteiger partial charge in [0.15, 0.2) is 0 Å². The van der Waals surface area contributed by atoms with Gasteiger partial charge >= 0.3 is 0 Å². The Balaban J connectivity index is 2.04. The molecule has 0 radical (unpaired) electrons. The number of likely N-dealkylation sites (N-methyl/N-ethyl adjacent to an activating group) is 1. The van der Waals surface area contributed by atoms with E-state index in [1.54, 1.807) is 6.07 Å². The van der Waals surface area contributed by atoms with Crippen molar-refractivity contribution < 1.29 is 4.39 Å². The Morgan fingerprint density at radius 1 is 1.47 bits per heavy atom. The van der Waals surface area contributed by atoms with Crippen molar-refractivity contribution in [1.82, 2.24) is 5.32 Å². The Labute approximate surface area is 131 Å². The highest BCUT2D eigenvalue weighted by atomic mass is 79.9. The number of nitrogens with one attached hydrogen (secondary N) is 1. The predicted molar refractivity (Wildman–Crippen MR) is 88.8 cm³/mol. The van der Waals surface area contributed by atoms with Crippen molar-refractivity contribution >= 4 is 39.5 Å². The van der Waals surface area contributed by atoms with E-state index in [9.17, 15) is 4.39 Å². The first-order valence-corrected chi connectivity index (χ1v) is 9.57. The van der Waals surface area contributed by atoms with Crippen LogP contribution in [0.1, 0.15) is 12.5 Å². The van der Waals surface area contributed by atoms with Gasteiger partial charge in [-0.3, -0.25) is 0 Å². The van der Waals surface area contributed by atoms with Gasteiger partial charge in [0.25, 0.3) is 0 Å². The second-order valence-corrected chi connectivity index (χ2v) is 7.95. The third-order valence-corrected chi connectivity index (χ3v) is 6.72. The number of benzene rings is 1. The molecule has 0 spiro atoms. The first kappa shape index (κ1) is 15.7. The molecule has 0 aromatic heterocycles. The molecule has 2 rings (SSSR count). The number of hydrogen-bond donors (Lipinski definition) is 1. The lowest BCUT2D eigenvalue weighted by Gasteiger charge is -2.30. The van der Waals surface area contributed by atoms with Gasteiger partial charge in [0, 0.05) is 28.6 Å². The summed E-state index contributed by atoms with van der Waals surface area (Å²) in [4.78, 5) is 0. The van der Waals surface area contributed by atoms with Crippen molar-refractivity contribution in [2.45, 2.75) is 24.6 Å². The highest BCUT2D eigenvalue weighted by Crippen LogP contribution is 2.28. The van der Waals surface area contributed by atoms with Crippen molar-refractivity contribution in [2.75, 3.05) is 23.8 Å². The second kappa shape index (κ2) is 7.91. The Hall–Kier alpha value is 0.290. The molecule has 1 nitrogen and oxygen atoms in total. The van der Waals surface area contributed by atoms with Gasteiger partial charge in [-0.1, -0.05) is 13.0 Å². The molecule has 19 heavy (non-hydrogen) atoms. The van der Waals surface area contributed by atoms with E-state index < -0.39 is 0 Å². The van der Waals surface area contributed by atoms with E-state index in [0.717, 1.165) is 13.0 Å². The van der Waals surface area contributed by atoms with Crippen LogP contribution >= 0.6 is 39.5 Å². The largest absolute Gasteiger partial charge is 0.313 e. The van der Waals surface area contributed by atoms with Crippen molar-refractivity contribution in [1.29, 1.82) is 0 Å². The molecule has 0 bridgehead atoms. The van der Waals surface area contributed by atoms with Crippen LogP contribution < -0.4 is 5.32 Å². The highest BCUT2D eigenvalue weighted by Gasteiger charge is 2.24. The second-order valence-electron chi connectivity index (χ2n) is 4.60. The van der Waals surface area contributed by atoms with E-state index >= 15 is 0 Å². The van der Waals surface area contributed by atoms with Crippen LogP contribution in [0.25, 0.3) is 0 Å². The predicted octanol–water partition coefficient (Wildman–Crippen LogP) is 3.96. The summed E-state index contributed by atoms with van der Waals surface area (Å²) in [6.45, 7) is 3.13. The molecule has 1 heterocycles. The topological polar surface area (TPSA) is 12.0 Å². The Morgan fingerprint density at radius 2 is 2.32 bits per heavy atom. The molecule has 1 aliphatic rings.